The second kappa shape index (κ2) is 6.39. The highest BCUT2D eigenvalue weighted by molar-refractivity contribution is 6.35. The van der Waals surface area contributed by atoms with Crippen LogP contribution in [0.25, 0.3) is 11.8 Å². The Labute approximate surface area is 127 Å². The third-order valence-electron chi connectivity index (χ3n) is 2.88. The number of halogens is 2. The standard InChI is InChI=1S/C14H15Cl2N3O/c1-9(2)14(20)13(19-8-17-7-18-19)5-10-3-4-11(15)6-12(10)16/h3-9,14,20H,1-2H3. The molecule has 2 rings (SSSR count). The van der Waals surface area contributed by atoms with E-state index in [1.54, 1.807) is 30.6 Å². The van der Waals surface area contributed by atoms with Gasteiger partial charge in [0.25, 0.3) is 0 Å². The van der Waals surface area contributed by atoms with E-state index >= 15 is 0 Å². The lowest BCUT2D eigenvalue weighted by Crippen LogP contribution is -2.21. The number of aliphatic hydroxyl groups is 1. The molecule has 0 aliphatic heterocycles. The molecular weight excluding hydrogens is 297 g/mol. The highest BCUT2D eigenvalue weighted by Crippen LogP contribution is 2.26. The predicted molar refractivity (Wildman–Crippen MR) is 81.5 cm³/mol. The highest BCUT2D eigenvalue weighted by atomic mass is 35.5. The summed E-state index contributed by atoms with van der Waals surface area (Å²) >= 11 is 12.0. The summed E-state index contributed by atoms with van der Waals surface area (Å²) in [5.41, 5.74) is 1.38. The lowest BCUT2D eigenvalue weighted by atomic mass is 10.0. The minimum absolute atomic E-state index is 0.0384. The van der Waals surface area contributed by atoms with Crippen LogP contribution in [-0.4, -0.2) is 26.0 Å². The van der Waals surface area contributed by atoms with E-state index in [-0.39, 0.29) is 5.92 Å². The Morgan fingerprint density at radius 1 is 1.35 bits per heavy atom. The average molecular weight is 312 g/mol. The monoisotopic (exact) mass is 311 g/mol. The van der Waals surface area contributed by atoms with Crippen molar-refractivity contribution in [2.75, 3.05) is 0 Å². The first-order chi connectivity index (χ1) is 9.49. The molecular formula is C14H15Cl2N3O. The Hall–Kier alpha value is -1.36. The molecule has 0 aliphatic carbocycles. The van der Waals surface area contributed by atoms with Crippen LogP contribution in [0.2, 0.25) is 10.0 Å². The van der Waals surface area contributed by atoms with Gasteiger partial charge in [0.1, 0.15) is 12.7 Å². The van der Waals surface area contributed by atoms with Crippen LogP contribution < -0.4 is 0 Å². The smallest absolute Gasteiger partial charge is 0.138 e. The van der Waals surface area contributed by atoms with Gasteiger partial charge < -0.3 is 5.11 Å². The molecule has 106 valence electrons. The third kappa shape index (κ3) is 3.39. The molecule has 1 aromatic heterocycles. The fourth-order valence-corrected chi connectivity index (χ4v) is 2.21. The van der Waals surface area contributed by atoms with Crippen molar-refractivity contribution in [1.82, 2.24) is 14.8 Å². The molecule has 0 radical (unpaired) electrons. The number of hydrogen-bond acceptors (Lipinski definition) is 3. The summed E-state index contributed by atoms with van der Waals surface area (Å²) in [5, 5.41) is 15.5. The zero-order chi connectivity index (χ0) is 14.7. The SMILES string of the molecule is CC(C)C(O)C(=Cc1ccc(Cl)cc1Cl)n1cncn1. The van der Waals surface area contributed by atoms with Gasteiger partial charge in [-0.15, -0.1) is 0 Å². The van der Waals surface area contributed by atoms with Crippen molar-refractivity contribution in [2.45, 2.75) is 20.0 Å². The maximum atomic E-state index is 10.3. The molecule has 6 heteroatoms. The molecule has 0 saturated heterocycles. The molecule has 1 heterocycles. The van der Waals surface area contributed by atoms with Gasteiger partial charge in [-0.3, -0.25) is 0 Å². The quantitative estimate of drug-likeness (QED) is 0.938. The van der Waals surface area contributed by atoms with Gasteiger partial charge in [-0.2, -0.15) is 5.10 Å². The van der Waals surface area contributed by atoms with E-state index in [4.69, 9.17) is 23.2 Å². The topological polar surface area (TPSA) is 50.9 Å². The van der Waals surface area contributed by atoms with E-state index < -0.39 is 6.10 Å². The molecule has 1 aromatic carbocycles. The minimum atomic E-state index is -0.677. The summed E-state index contributed by atoms with van der Waals surface area (Å²) in [7, 11) is 0. The Kier molecular flexibility index (Phi) is 4.81. The average Bonchev–Trinajstić information content (AvgIpc) is 2.90. The first-order valence-corrected chi connectivity index (χ1v) is 6.94. The summed E-state index contributed by atoms with van der Waals surface area (Å²) in [5.74, 6) is 0.0384. The van der Waals surface area contributed by atoms with Crippen molar-refractivity contribution < 1.29 is 5.11 Å². The van der Waals surface area contributed by atoms with E-state index in [2.05, 4.69) is 10.1 Å². The van der Waals surface area contributed by atoms with Crippen molar-refractivity contribution >= 4 is 35.0 Å². The molecule has 0 bridgehead atoms. The number of rotatable bonds is 4. The summed E-state index contributed by atoms with van der Waals surface area (Å²) < 4.78 is 1.54. The summed E-state index contributed by atoms with van der Waals surface area (Å²) in [6.45, 7) is 3.86. The van der Waals surface area contributed by atoms with Gasteiger partial charge in [-0.05, 0) is 29.7 Å². The first kappa shape index (κ1) is 15.0. The number of nitrogens with zero attached hydrogens (tertiary/aromatic N) is 3. The van der Waals surface area contributed by atoms with E-state index in [9.17, 15) is 5.11 Å². The maximum Gasteiger partial charge on any atom is 0.138 e. The van der Waals surface area contributed by atoms with E-state index in [0.717, 1.165) is 5.56 Å². The van der Waals surface area contributed by atoms with Gasteiger partial charge in [0.15, 0.2) is 0 Å². The van der Waals surface area contributed by atoms with Gasteiger partial charge in [-0.25, -0.2) is 9.67 Å². The summed E-state index contributed by atoms with van der Waals surface area (Å²) in [6.07, 6.45) is 4.08. The number of benzene rings is 1. The molecule has 0 saturated carbocycles. The van der Waals surface area contributed by atoms with Crippen LogP contribution in [0, 0.1) is 5.92 Å². The van der Waals surface area contributed by atoms with E-state index in [0.29, 0.717) is 15.7 Å². The molecule has 0 spiro atoms. The Morgan fingerprint density at radius 2 is 2.10 bits per heavy atom. The Morgan fingerprint density at radius 3 is 2.65 bits per heavy atom. The summed E-state index contributed by atoms with van der Waals surface area (Å²) in [4.78, 5) is 3.91. The zero-order valence-corrected chi connectivity index (χ0v) is 12.7. The normalized spacial score (nSPS) is 13.8. The first-order valence-electron chi connectivity index (χ1n) is 6.18. The van der Waals surface area contributed by atoms with Crippen LogP contribution in [0.3, 0.4) is 0 Å². The maximum absolute atomic E-state index is 10.3. The van der Waals surface area contributed by atoms with E-state index in [1.807, 2.05) is 13.8 Å². The second-order valence-corrected chi connectivity index (χ2v) is 5.61. The van der Waals surface area contributed by atoms with Crippen LogP contribution in [0.4, 0.5) is 0 Å². The van der Waals surface area contributed by atoms with Crippen molar-refractivity contribution in [1.29, 1.82) is 0 Å². The predicted octanol–water partition coefficient (Wildman–Crippen LogP) is 3.60. The van der Waals surface area contributed by atoms with Crippen LogP contribution in [-0.2, 0) is 0 Å². The Bertz CT molecular complexity index is 609. The van der Waals surface area contributed by atoms with Crippen LogP contribution >= 0.6 is 23.2 Å². The van der Waals surface area contributed by atoms with Crippen LogP contribution in [0.5, 0.6) is 0 Å². The lowest BCUT2D eigenvalue weighted by molar-refractivity contribution is 0.175. The van der Waals surface area contributed by atoms with Gasteiger partial charge in [-0.1, -0.05) is 43.1 Å². The van der Waals surface area contributed by atoms with Crippen molar-refractivity contribution in [3.63, 3.8) is 0 Å². The van der Waals surface area contributed by atoms with E-state index in [1.165, 1.54) is 11.0 Å². The zero-order valence-electron chi connectivity index (χ0n) is 11.2. The van der Waals surface area contributed by atoms with Crippen molar-refractivity contribution in [2.24, 2.45) is 5.92 Å². The largest absolute Gasteiger partial charge is 0.387 e. The van der Waals surface area contributed by atoms with Gasteiger partial charge >= 0.3 is 0 Å². The van der Waals surface area contributed by atoms with Gasteiger partial charge in [0, 0.05) is 10.0 Å². The molecule has 0 aliphatic rings. The molecule has 2 aromatic rings. The minimum Gasteiger partial charge on any atom is -0.387 e. The molecule has 0 amide bonds. The fraction of sp³-hybridized carbons (Fsp3) is 0.286. The third-order valence-corrected chi connectivity index (χ3v) is 3.45. The van der Waals surface area contributed by atoms with Crippen molar-refractivity contribution in [3.05, 3.63) is 46.5 Å². The highest BCUT2D eigenvalue weighted by Gasteiger charge is 2.18. The van der Waals surface area contributed by atoms with Gasteiger partial charge in [0.2, 0.25) is 0 Å². The molecule has 1 atom stereocenters. The summed E-state index contributed by atoms with van der Waals surface area (Å²) in [6, 6.07) is 5.21. The fourth-order valence-electron chi connectivity index (χ4n) is 1.75. The van der Waals surface area contributed by atoms with Crippen LogP contribution in [0.15, 0.2) is 30.9 Å². The lowest BCUT2D eigenvalue weighted by Gasteiger charge is -2.18. The number of aliphatic hydroxyl groups excluding tert-OH is 1. The molecule has 1 N–H and O–H groups in total. The van der Waals surface area contributed by atoms with Crippen molar-refractivity contribution in [3.8, 4) is 0 Å². The molecule has 4 nitrogen and oxygen atoms in total. The number of aromatic nitrogens is 3. The second-order valence-electron chi connectivity index (χ2n) is 4.76. The van der Waals surface area contributed by atoms with Gasteiger partial charge in [0.05, 0.1) is 11.8 Å². The Balaban J connectivity index is 2.48. The molecule has 20 heavy (non-hydrogen) atoms. The number of hydrogen-bond donors (Lipinski definition) is 1. The molecule has 1 unspecified atom stereocenters. The molecule has 0 fully saturated rings. The van der Waals surface area contributed by atoms with Crippen LogP contribution in [0.1, 0.15) is 19.4 Å².